The van der Waals surface area contributed by atoms with Crippen molar-refractivity contribution in [3.63, 3.8) is 0 Å². The number of aliphatic carboxylic acids is 1. The van der Waals surface area contributed by atoms with Crippen LogP contribution in [0.15, 0.2) is 23.1 Å². The number of aryl methyl sites for hydroxylation is 1. The average Bonchev–Trinajstić information content (AvgIpc) is 2.60. The summed E-state index contributed by atoms with van der Waals surface area (Å²) in [6.45, 7) is 4.86. The molecule has 8 nitrogen and oxygen atoms in total. The molecule has 144 valence electrons. The Morgan fingerprint density at radius 1 is 1.31 bits per heavy atom. The number of carboxylic acid groups (broad SMARTS) is 1. The molecule has 1 aliphatic heterocycles. The van der Waals surface area contributed by atoms with Crippen molar-refractivity contribution in [1.29, 1.82) is 0 Å². The summed E-state index contributed by atoms with van der Waals surface area (Å²) in [6, 6.07) is 4.53. The number of hydrogen-bond donors (Lipinski definition) is 2. The molecule has 1 aliphatic rings. The third kappa shape index (κ3) is 5.03. The van der Waals surface area contributed by atoms with Gasteiger partial charge in [-0.3, -0.25) is 9.59 Å². The first-order chi connectivity index (χ1) is 12.2. The average molecular weight is 384 g/mol. The Morgan fingerprint density at radius 2 is 1.96 bits per heavy atom. The molecular weight excluding hydrogens is 360 g/mol. The minimum absolute atomic E-state index is 0.0508. The largest absolute Gasteiger partial charge is 0.481 e. The SMILES string of the molecule is Cc1ccc(C(=O)NCC(C)CC(=O)O)cc1S(=O)(=O)N1CCOCC1. The fourth-order valence-electron chi connectivity index (χ4n) is 2.68. The van der Waals surface area contributed by atoms with Crippen LogP contribution in [0.2, 0.25) is 0 Å². The zero-order chi connectivity index (χ0) is 19.3. The number of carboxylic acids is 1. The van der Waals surface area contributed by atoms with Crippen LogP contribution >= 0.6 is 0 Å². The Labute approximate surface area is 153 Å². The number of ether oxygens (including phenoxy) is 1. The number of benzene rings is 1. The van der Waals surface area contributed by atoms with E-state index in [1.165, 1.54) is 10.4 Å². The Morgan fingerprint density at radius 3 is 2.58 bits per heavy atom. The van der Waals surface area contributed by atoms with E-state index in [1.54, 1.807) is 26.0 Å². The fourth-order valence-corrected chi connectivity index (χ4v) is 4.34. The van der Waals surface area contributed by atoms with Gasteiger partial charge in [-0.1, -0.05) is 13.0 Å². The highest BCUT2D eigenvalue weighted by atomic mass is 32.2. The molecule has 0 radical (unpaired) electrons. The first kappa shape index (κ1) is 20.3. The van der Waals surface area contributed by atoms with Crippen molar-refractivity contribution in [2.24, 2.45) is 5.92 Å². The van der Waals surface area contributed by atoms with E-state index < -0.39 is 21.9 Å². The second-order valence-electron chi connectivity index (χ2n) is 6.41. The second kappa shape index (κ2) is 8.61. The first-order valence-corrected chi connectivity index (χ1v) is 9.84. The van der Waals surface area contributed by atoms with Gasteiger partial charge in [0.05, 0.1) is 18.1 Å². The summed E-state index contributed by atoms with van der Waals surface area (Å²) in [5, 5.41) is 11.4. The third-order valence-corrected chi connectivity index (χ3v) is 6.21. The highest BCUT2D eigenvalue weighted by Gasteiger charge is 2.28. The van der Waals surface area contributed by atoms with Crippen LogP contribution in [0.25, 0.3) is 0 Å². The number of morpholine rings is 1. The molecule has 2 rings (SSSR count). The zero-order valence-corrected chi connectivity index (χ0v) is 15.7. The molecular formula is C17H24N2O6S. The summed E-state index contributed by atoms with van der Waals surface area (Å²) in [4.78, 5) is 23.1. The van der Waals surface area contributed by atoms with Gasteiger partial charge >= 0.3 is 5.97 Å². The molecule has 1 aromatic carbocycles. The number of carbonyl (C=O) groups excluding carboxylic acids is 1. The van der Waals surface area contributed by atoms with Crippen LogP contribution in [0.5, 0.6) is 0 Å². The Hall–Kier alpha value is -1.97. The molecule has 1 unspecified atom stereocenters. The molecule has 0 saturated carbocycles. The molecule has 2 N–H and O–H groups in total. The van der Waals surface area contributed by atoms with E-state index in [-0.39, 0.29) is 42.4 Å². The molecule has 1 aromatic rings. The first-order valence-electron chi connectivity index (χ1n) is 8.40. The smallest absolute Gasteiger partial charge is 0.303 e. The van der Waals surface area contributed by atoms with Gasteiger partial charge in [-0.25, -0.2) is 8.42 Å². The second-order valence-corrected chi connectivity index (χ2v) is 8.32. The Balaban J connectivity index is 2.15. The van der Waals surface area contributed by atoms with Gasteiger partial charge in [0.1, 0.15) is 0 Å². The molecule has 0 spiro atoms. The molecule has 9 heteroatoms. The molecule has 1 heterocycles. The zero-order valence-electron chi connectivity index (χ0n) is 14.9. The molecule has 0 aliphatic carbocycles. The van der Waals surface area contributed by atoms with E-state index in [0.717, 1.165) is 0 Å². The van der Waals surface area contributed by atoms with Crippen molar-refractivity contribution in [3.8, 4) is 0 Å². The van der Waals surface area contributed by atoms with E-state index in [4.69, 9.17) is 9.84 Å². The van der Waals surface area contributed by atoms with Gasteiger partial charge in [0.15, 0.2) is 0 Å². The standard InChI is InChI=1S/C17H24N2O6S/c1-12(9-16(20)21)11-18-17(22)14-4-3-13(2)15(10-14)26(23,24)19-5-7-25-8-6-19/h3-4,10,12H,5-9,11H2,1-2H3,(H,18,22)(H,20,21). The lowest BCUT2D eigenvalue weighted by atomic mass is 10.1. The summed E-state index contributed by atoms with van der Waals surface area (Å²) in [5.74, 6) is -1.58. The molecule has 1 atom stereocenters. The van der Waals surface area contributed by atoms with Crippen LogP contribution in [-0.2, 0) is 19.6 Å². The number of carbonyl (C=O) groups is 2. The van der Waals surface area contributed by atoms with E-state index in [9.17, 15) is 18.0 Å². The van der Waals surface area contributed by atoms with Crippen LogP contribution in [0.3, 0.4) is 0 Å². The summed E-state index contributed by atoms with van der Waals surface area (Å²) in [5.41, 5.74) is 0.789. The number of amides is 1. The van der Waals surface area contributed by atoms with Gasteiger partial charge in [0, 0.05) is 31.6 Å². The van der Waals surface area contributed by atoms with E-state index in [1.807, 2.05) is 0 Å². The molecule has 0 aromatic heterocycles. The number of rotatable bonds is 7. The monoisotopic (exact) mass is 384 g/mol. The van der Waals surface area contributed by atoms with Crippen LogP contribution in [0.4, 0.5) is 0 Å². The predicted molar refractivity (Wildman–Crippen MR) is 94.5 cm³/mol. The molecule has 26 heavy (non-hydrogen) atoms. The highest BCUT2D eigenvalue weighted by Crippen LogP contribution is 2.22. The molecule has 1 fully saturated rings. The lowest BCUT2D eigenvalue weighted by molar-refractivity contribution is -0.137. The summed E-state index contributed by atoms with van der Waals surface area (Å²) in [7, 11) is -3.70. The summed E-state index contributed by atoms with van der Waals surface area (Å²) >= 11 is 0. The van der Waals surface area contributed by atoms with Crippen molar-refractivity contribution in [3.05, 3.63) is 29.3 Å². The predicted octanol–water partition coefficient (Wildman–Crippen LogP) is 0.857. The summed E-state index contributed by atoms with van der Waals surface area (Å²) < 4.78 is 32.2. The van der Waals surface area contributed by atoms with Crippen molar-refractivity contribution in [1.82, 2.24) is 9.62 Å². The Bertz CT molecular complexity index is 771. The maximum absolute atomic E-state index is 12.8. The van der Waals surface area contributed by atoms with E-state index >= 15 is 0 Å². The molecule has 0 bridgehead atoms. The van der Waals surface area contributed by atoms with Gasteiger partial charge in [-0.2, -0.15) is 4.31 Å². The number of hydrogen-bond acceptors (Lipinski definition) is 5. The van der Waals surface area contributed by atoms with Crippen molar-refractivity contribution in [2.45, 2.75) is 25.2 Å². The topological polar surface area (TPSA) is 113 Å². The lowest BCUT2D eigenvalue weighted by Gasteiger charge is -2.26. The van der Waals surface area contributed by atoms with Crippen LogP contribution < -0.4 is 5.32 Å². The minimum Gasteiger partial charge on any atom is -0.481 e. The third-order valence-electron chi connectivity index (χ3n) is 4.17. The maximum atomic E-state index is 12.8. The number of sulfonamides is 1. The van der Waals surface area contributed by atoms with E-state index in [0.29, 0.717) is 18.8 Å². The fraction of sp³-hybridized carbons (Fsp3) is 0.529. The van der Waals surface area contributed by atoms with Crippen LogP contribution in [0, 0.1) is 12.8 Å². The van der Waals surface area contributed by atoms with Crippen molar-refractivity contribution >= 4 is 21.9 Å². The van der Waals surface area contributed by atoms with E-state index in [2.05, 4.69) is 5.32 Å². The molecule has 1 saturated heterocycles. The van der Waals surface area contributed by atoms with Gasteiger partial charge < -0.3 is 15.2 Å². The number of nitrogens with zero attached hydrogens (tertiary/aromatic N) is 1. The summed E-state index contributed by atoms with van der Waals surface area (Å²) in [6.07, 6.45) is -0.0508. The highest BCUT2D eigenvalue weighted by molar-refractivity contribution is 7.89. The molecule has 1 amide bonds. The van der Waals surface area contributed by atoms with Gasteiger partial charge in [-0.05, 0) is 30.5 Å². The normalized spacial score (nSPS) is 16.8. The van der Waals surface area contributed by atoms with Gasteiger partial charge in [-0.15, -0.1) is 0 Å². The van der Waals surface area contributed by atoms with Gasteiger partial charge in [0.25, 0.3) is 5.91 Å². The van der Waals surface area contributed by atoms with Gasteiger partial charge in [0.2, 0.25) is 10.0 Å². The quantitative estimate of drug-likeness (QED) is 0.721. The van der Waals surface area contributed by atoms with Crippen LogP contribution in [0.1, 0.15) is 29.3 Å². The lowest BCUT2D eigenvalue weighted by Crippen LogP contribution is -2.41. The van der Waals surface area contributed by atoms with Crippen LogP contribution in [-0.4, -0.2) is 62.6 Å². The minimum atomic E-state index is -3.70. The number of nitrogens with one attached hydrogen (secondary N) is 1. The van der Waals surface area contributed by atoms with Crippen molar-refractivity contribution in [2.75, 3.05) is 32.8 Å². The maximum Gasteiger partial charge on any atom is 0.303 e. The van der Waals surface area contributed by atoms with Crippen molar-refractivity contribution < 1.29 is 27.9 Å². The Kier molecular flexibility index (Phi) is 6.74.